The number of aromatic nitrogens is 1. The molecule has 3 atom stereocenters. The first-order chi connectivity index (χ1) is 14.9. The molecule has 1 heterocycles. The lowest BCUT2D eigenvalue weighted by Gasteiger charge is -2.36. The van der Waals surface area contributed by atoms with Gasteiger partial charge < -0.3 is 30.2 Å². The van der Waals surface area contributed by atoms with Crippen LogP contribution in [0.25, 0.3) is 0 Å². The molecular weight excluding hydrogens is 396 g/mol. The summed E-state index contributed by atoms with van der Waals surface area (Å²) in [6.07, 6.45) is 2.65. The number of nitrogens with zero attached hydrogens (tertiary/aromatic N) is 1. The second kappa shape index (κ2) is 12.6. The molecule has 4 N–H and O–H groups in total. The fraction of sp³-hybridized carbons (Fsp3) is 0.542. The number of hydrogen-bond acceptors (Lipinski definition) is 7. The van der Waals surface area contributed by atoms with Crippen LogP contribution in [-0.2, 0) is 10.3 Å². The minimum absolute atomic E-state index is 0.0441. The van der Waals surface area contributed by atoms with Gasteiger partial charge in [0.15, 0.2) is 0 Å². The summed E-state index contributed by atoms with van der Waals surface area (Å²) in [7, 11) is 0. The quantitative estimate of drug-likeness (QED) is 0.394. The highest BCUT2D eigenvalue weighted by molar-refractivity contribution is 5.31. The van der Waals surface area contributed by atoms with Crippen LogP contribution in [0.5, 0.6) is 11.5 Å². The van der Waals surface area contributed by atoms with Crippen molar-refractivity contribution in [1.29, 1.82) is 0 Å². The second-order valence-corrected chi connectivity index (χ2v) is 7.70. The minimum Gasteiger partial charge on any atom is -0.491 e. The Kier molecular flexibility index (Phi) is 10.2. The highest BCUT2D eigenvalue weighted by atomic mass is 16.5. The second-order valence-electron chi connectivity index (χ2n) is 7.70. The Morgan fingerprint density at radius 3 is 2.23 bits per heavy atom. The maximum atomic E-state index is 11.3. The first-order valence-corrected chi connectivity index (χ1v) is 10.9. The normalized spacial score (nSPS) is 15.2. The molecule has 0 bridgehead atoms. The minimum atomic E-state index is -1.39. The zero-order chi connectivity index (χ0) is 22.7. The zero-order valence-corrected chi connectivity index (χ0v) is 18.8. The van der Waals surface area contributed by atoms with Crippen LogP contribution in [0.3, 0.4) is 0 Å². The molecule has 0 saturated carbocycles. The van der Waals surface area contributed by atoms with Gasteiger partial charge in [0.1, 0.15) is 36.4 Å². The van der Waals surface area contributed by atoms with Gasteiger partial charge >= 0.3 is 0 Å². The van der Waals surface area contributed by atoms with Crippen LogP contribution in [0, 0.1) is 6.92 Å². The molecule has 0 saturated heterocycles. The lowest BCUT2D eigenvalue weighted by atomic mass is 9.81. The van der Waals surface area contributed by atoms with E-state index in [1.54, 1.807) is 36.5 Å². The van der Waals surface area contributed by atoms with Gasteiger partial charge in [0.25, 0.3) is 0 Å². The van der Waals surface area contributed by atoms with Gasteiger partial charge in [-0.25, -0.2) is 0 Å². The molecule has 0 fully saturated rings. The van der Waals surface area contributed by atoms with E-state index in [9.17, 15) is 10.2 Å². The summed E-state index contributed by atoms with van der Waals surface area (Å²) in [5, 5.41) is 21.9. The van der Waals surface area contributed by atoms with Crippen LogP contribution in [-0.4, -0.2) is 53.8 Å². The van der Waals surface area contributed by atoms with Gasteiger partial charge in [-0.3, -0.25) is 4.98 Å². The van der Waals surface area contributed by atoms with Crippen molar-refractivity contribution in [2.75, 3.05) is 26.4 Å². The maximum absolute atomic E-state index is 11.3. The first-order valence-electron chi connectivity index (χ1n) is 10.9. The van der Waals surface area contributed by atoms with Crippen molar-refractivity contribution in [3.8, 4) is 11.5 Å². The molecule has 172 valence electrons. The van der Waals surface area contributed by atoms with Crippen molar-refractivity contribution in [2.45, 2.75) is 57.8 Å². The number of ether oxygens (including phenoxy) is 3. The molecule has 7 nitrogen and oxygen atoms in total. The monoisotopic (exact) mass is 432 g/mol. The van der Waals surface area contributed by atoms with Crippen molar-refractivity contribution in [3.63, 3.8) is 0 Å². The Morgan fingerprint density at radius 1 is 0.968 bits per heavy atom. The third kappa shape index (κ3) is 7.47. The molecule has 31 heavy (non-hydrogen) atoms. The van der Waals surface area contributed by atoms with Crippen molar-refractivity contribution < 1.29 is 24.4 Å². The van der Waals surface area contributed by atoms with Gasteiger partial charge in [0.2, 0.25) is 0 Å². The first kappa shape index (κ1) is 25.1. The Labute approximate surface area is 185 Å². The molecule has 2 rings (SSSR count). The number of aliphatic hydroxyl groups is 2. The molecule has 0 aliphatic heterocycles. The number of rotatable bonds is 14. The smallest absolute Gasteiger partial charge is 0.119 e. The largest absolute Gasteiger partial charge is 0.491 e. The summed E-state index contributed by atoms with van der Waals surface area (Å²) in [5.74, 6) is 1.30. The van der Waals surface area contributed by atoms with Crippen molar-refractivity contribution in [3.05, 3.63) is 53.9 Å². The number of nitrogens with two attached hydrogens (primary N) is 1. The lowest BCUT2D eigenvalue weighted by Crippen LogP contribution is -2.54. The number of aliphatic hydroxyl groups excluding tert-OH is 1. The third-order valence-corrected chi connectivity index (χ3v) is 5.10. The van der Waals surface area contributed by atoms with E-state index in [1.807, 2.05) is 19.9 Å². The average Bonchev–Trinajstić information content (AvgIpc) is 2.78. The Morgan fingerprint density at radius 2 is 1.65 bits per heavy atom. The molecule has 1 aromatic heterocycles. The van der Waals surface area contributed by atoms with Crippen LogP contribution in [0.1, 0.15) is 44.4 Å². The topological polar surface area (TPSA) is 107 Å². The van der Waals surface area contributed by atoms with E-state index in [-0.39, 0.29) is 6.61 Å². The number of hydrogen-bond donors (Lipinski definition) is 3. The number of benzene rings is 1. The van der Waals surface area contributed by atoms with E-state index in [0.717, 1.165) is 18.7 Å². The molecule has 0 amide bonds. The van der Waals surface area contributed by atoms with Gasteiger partial charge in [-0.15, -0.1) is 0 Å². The number of pyridine rings is 1. The SMILES string of the molecule is CCCOCCOc1ccc(OCC(O)C(N)C(O)(CCC)c2ccc(C)nc2)cc1. The molecule has 0 radical (unpaired) electrons. The predicted octanol–water partition coefficient (Wildman–Crippen LogP) is 2.95. The summed E-state index contributed by atoms with van der Waals surface area (Å²) >= 11 is 0. The molecule has 0 aliphatic carbocycles. The van der Waals surface area contributed by atoms with Gasteiger partial charge in [-0.1, -0.05) is 26.3 Å². The van der Waals surface area contributed by atoms with E-state index >= 15 is 0 Å². The third-order valence-electron chi connectivity index (χ3n) is 5.10. The molecular formula is C24H36N2O5. The average molecular weight is 433 g/mol. The van der Waals surface area contributed by atoms with Crippen molar-refractivity contribution >= 4 is 0 Å². The fourth-order valence-electron chi connectivity index (χ4n) is 3.31. The Bertz CT molecular complexity index is 754. The summed E-state index contributed by atoms with van der Waals surface area (Å²) in [6, 6.07) is 9.83. The van der Waals surface area contributed by atoms with E-state index in [4.69, 9.17) is 19.9 Å². The summed E-state index contributed by atoms with van der Waals surface area (Å²) in [6.45, 7) is 7.62. The van der Waals surface area contributed by atoms with E-state index in [0.29, 0.717) is 43.1 Å². The highest BCUT2D eigenvalue weighted by Crippen LogP contribution is 2.31. The Balaban J connectivity index is 1.91. The molecule has 1 aromatic carbocycles. The van der Waals surface area contributed by atoms with E-state index in [1.165, 1.54) is 0 Å². The van der Waals surface area contributed by atoms with Gasteiger partial charge in [0, 0.05) is 24.1 Å². The summed E-state index contributed by atoms with van der Waals surface area (Å²) in [4.78, 5) is 4.26. The van der Waals surface area contributed by atoms with Crippen molar-refractivity contribution in [1.82, 2.24) is 4.98 Å². The van der Waals surface area contributed by atoms with Gasteiger partial charge in [0.05, 0.1) is 12.6 Å². The van der Waals surface area contributed by atoms with Crippen LogP contribution in [0.2, 0.25) is 0 Å². The molecule has 0 spiro atoms. The molecule has 7 heteroatoms. The van der Waals surface area contributed by atoms with Crippen molar-refractivity contribution in [2.24, 2.45) is 5.73 Å². The van der Waals surface area contributed by atoms with Crippen LogP contribution in [0.15, 0.2) is 42.6 Å². The van der Waals surface area contributed by atoms with Crippen LogP contribution < -0.4 is 15.2 Å². The van der Waals surface area contributed by atoms with Gasteiger partial charge in [-0.2, -0.15) is 0 Å². The highest BCUT2D eigenvalue weighted by Gasteiger charge is 2.40. The van der Waals surface area contributed by atoms with Gasteiger partial charge in [-0.05, 0) is 50.1 Å². The maximum Gasteiger partial charge on any atom is 0.119 e. The van der Waals surface area contributed by atoms with Crippen LogP contribution >= 0.6 is 0 Å². The lowest BCUT2D eigenvalue weighted by molar-refractivity contribution is -0.0545. The number of aryl methyl sites for hydroxylation is 1. The standard InChI is InChI=1S/C24H36N2O5/c1-4-12-24(28,19-7-6-18(3)26-16-19)23(25)22(27)17-31-21-10-8-20(9-11-21)30-15-14-29-13-5-2/h6-11,16,22-23,27-28H,4-5,12-15,17,25H2,1-3H3. The van der Waals surface area contributed by atoms with E-state index in [2.05, 4.69) is 11.9 Å². The van der Waals surface area contributed by atoms with Crippen LogP contribution in [0.4, 0.5) is 0 Å². The summed E-state index contributed by atoms with van der Waals surface area (Å²) in [5.41, 5.74) is 6.34. The predicted molar refractivity (Wildman–Crippen MR) is 120 cm³/mol. The molecule has 0 aliphatic rings. The van der Waals surface area contributed by atoms with E-state index < -0.39 is 17.7 Å². The molecule has 2 aromatic rings. The summed E-state index contributed by atoms with van der Waals surface area (Å²) < 4.78 is 16.7. The zero-order valence-electron chi connectivity index (χ0n) is 18.8. The molecule has 3 unspecified atom stereocenters. The fourth-order valence-corrected chi connectivity index (χ4v) is 3.31. The Hall–Kier alpha value is -2.19.